The first-order valence-electron chi connectivity index (χ1n) is 9.55. The van der Waals surface area contributed by atoms with Crippen LogP contribution in [0.25, 0.3) is 22.2 Å². The van der Waals surface area contributed by atoms with Gasteiger partial charge in [0.2, 0.25) is 11.8 Å². The van der Waals surface area contributed by atoms with E-state index in [2.05, 4.69) is 29.4 Å². The molecule has 1 amide bonds. The Morgan fingerprint density at radius 3 is 2.63 bits per heavy atom. The van der Waals surface area contributed by atoms with Crippen LogP contribution in [0, 0.1) is 0 Å². The molecule has 0 spiro atoms. The topological polar surface area (TPSA) is 55.1 Å². The molecule has 0 atom stereocenters. The van der Waals surface area contributed by atoms with Crippen LogP contribution >= 0.6 is 11.8 Å². The van der Waals surface area contributed by atoms with Gasteiger partial charge in [-0.1, -0.05) is 63.6 Å². The highest BCUT2D eigenvalue weighted by Crippen LogP contribution is 2.25. The van der Waals surface area contributed by atoms with Gasteiger partial charge in [-0.2, -0.15) is 0 Å². The number of carbonyl (C=O) groups is 1. The molecule has 0 unspecified atom stereocenters. The Morgan fingerprint density at radius 2 is 1.89 bits per heavy atom. The molecule has 1 aromatic heterocycles. The molecule has 4 nitrogen and oxygen atoms in total. The molecule has 0 saturated carbocycles. The monoisotopic (exact) mass is 384 g/mol. The third-order valence-electron chi connectivity index (χ3n) is 3.85. The van der Waals surface area contributed by atoms with E-state index in [0.717, 1.165) is 41.6 Å². The molecule has 27 heavy (non-hydrogen) atoms. The molecule has 3 aromatic rings. The minimum atomic E-state index is 0.0703. The van der Waals surface area contributed by atoms with Crippen molar-refractivity contribution in [3.63, 3.8) is 0 Å². The van der Waals surface area contributed by atoms with Crippen molar-refractivity contribution in [3.05, 3.63) is 54.4 Å². The highest BCUT2D eigenvalue weighted by molar-refractivity contribution is 7.99. The van der Waals surface area contributed by atoms with Gasteiger partial charge in [-0.3, -0.25) is 4.79 Å². The van der Waals surface area contributed by atoms with Crippen LogP contribution in [0.5, 0.6) is 0 Å². The first-order valence-corrected chi connectivity index (χ1v) is 10.7. The molecule has 0 fully saturated rings. The van der Waals surface area contributed by atoms with Gasteiger partial charge in [-0.15, -0.1) is 11.8 Å². The number of thioether (sulfide) groups is 1. The van der Waals surface area contributed by atoms with Crippen LogP contribution in [0.15, 0.2) is 52.9 Å². The summed E-state index contributed by atoms with van der Waals surface area (Å²) in [6, 6.07) is 16.2. The SMILES string of the molecule is CC.CCCCNC(=O)CSCc1nc2cc(-c3ccccc3)ccc2o1. The molecule has 2 aromatic carbocycles. The van der Waals surface area contributed by atoms with Crippen LogP contribution in [0.4, 0.5) is 0 Å². The van der Waals surface area contributed by atoms with E-state index in [0.29, 0.717) is 17.4 Å². The normalized spacial score (nSPS) is 10.3. The van der Waals surface area contributed by atoms with Crippen LogP contribution in [0.3, 0.4) is 0 Å². The van der Waals surface area contributed by atoms with E-state index in [1.54, 1.807) is 0 Å². The second kappa shape index (κ2) is 11.4. The maximum Gasteiger partial charge on any atom is 0.230 e. The van der Waals surface area contributed by atoms with E-state index in [4.69, 9.17) is 4.42 Å². The molecule has 0 aliphatic carbocycles. The van der Waals surface area contributed by atoms with Crippen molar-refractivity contribution in [2.45, 2.75) is 39.4 Å². The second-order valence-electron chi connectivity index (χ2n) is 5.85. The summed E-state index contributed by atoms with van der Waals surface area (Å²) in [4.78, 5) is 16.3. The van der Waals surface area contributed by atoms with Gasteiger partial charge in [0.15, 0.2) is 5.58 Å². The summed E-state index contributed by atoms with van der Waals surface area (Å²) in [7, 11) is 0. The predicted octanol–water partition coefficient (Wildman–Crippen LogP) is 5.67. The molecular formula is C22H28N2O2S. The summed E-state index contributed by atoms with van der Waals surface area (Å²) >= 11 is 1.52. The molecular weight excluding hydrogens is 356 g/mol. The summed E-state index contributed by atoms with van der Waals surface area (Å²) in [5.41, 5.74) is 3.91. The number of unbranched alkanes of at least 4 members (excludes halogenated alkanes) is 1. The number of hydrogen-bond donors (Lipinski definition) is 1. The summed E-state index contributed by atoms with van der Waals surface area (Å²) in [6.07, 6.45) is 2.10. The minimum absolute atomic E-state index is 0.0703. The maximum absolute atomic E-state index is 11.7. The number of oxazole rings is 1. The lowest BCUT2D eigenvalue weighted by Gasteiger charge is -2.02. The van der Waals surface area contributed by atoms with E-state index < -0.39 is 0 Å². The van der Waals surface area contributed by atoms with Crippen molar-refractivity contribution in [1.82, 2.24) is 10.3 Å². The van der Waals surface area contributed by atoms with Gasteiger partial charge in [0.05, 0.1) is 11.5 Å². The Kier molecular flexibility index (Phi) is 8.92. The molecule has 5 heteroatoms. The van der Waals surface area contributed by atoms with Crippen molar-refractivity contribution in [2.75, 3.05) is 12.3 Å². The van der Waals surface area contributed by atoms with E-state index >= 15 is 0 Å². The zero-order chi connectivity index (χ0) is 19.5. The number of fused-ring (bicyclic) bond motifs is 1. The highest BCUT2D eigenvalue weighted by Gasteiger charge is 2.09. The summed E-state index contributed by atoms with van der Waals surface area (Å²) in [6.45, 7) is 6.86. The molecule has 1 heterocycles. The predicted molar refractivity (Wildman–Crippen MR) is 115 cm³/mol. The lowest BCUT2D eigenvalue weighted by molar-refractivity contribution is -0.118. The number of rotatable bonds is 8. The Morgan fingerprint density at radius 1 is 1.11 bits per heavy atom. The van der Waals surface area contributed by atoms with Crippen LogP contribution in [-0.2, 0) is 10.5 Å². The van der Waals surface area contributed by atoms with Gasteiger partial charge >= 0.3 is 0 Å². The number of nitrogens with zero attached hydrogens (tertiary/aromatic N) is 1. The Bertz CT molecular complexity index is 831. The average Bonchev–Trinajstić information content (AvgIpc) is 3.12. The average molecular weight is 385 g/mol. The molecule has 0 aliphatic rings. The summed E-state index contributed by atoms with van der Waals surface area (Å²) < 4.78 is 5.78. The molecule has 0 aliphatic heterocycles. The smallest absolute Gasteiger partial charge is 0.230 e. The number of benzene rings is 2. The van der Waals surface area contributed by atoms with E-state index in [9.17, 15) is 4.79 Å². The molecule has 1 N–H and O–H groups in total. The van der Waals surface area contributed by atoms with Gasteiger partial charge in [-0.25, -0.2) is 4.98 Å². The molecule has 144 valence electrons. The number of nitrogens with one attached hydrogen (secondary N) is 1. The first kappa shape index (κ1) is 21.0. The van der Waals surface area contributed by atoms with Gasteiger partial charge in [0.1, 0.15) is 5.52 Å². The van der Waals surface area contributed by atoms with Gasteiger partial charge in [0.25, 0.3) is 0 Å². The van der Waals surface area contributed by atoms with Crippen LogP contribution in [-0.4, -0.2) is 23.2 Å². The van der Waals surface area contributed by atoms with Crippen molar-refractivity contribution in [2.24, 2.45) is 0 Å². The number of amides is 1. The molecule has 0 bridgehead atoms. The second-order valence-corrected chi connectivity index (χ2v) is 6.84. The standard InChI is InChI=1S/C20H22N2O2S.C2H6/c1-2-3-11-21-19(23)13-25-14-20-22-17-12-16(9-10-18(17)24-20)15-7-5-4-6-8-15;1-2/h4-10,12H,2-3,11,13-14H2,1H3,(H,21,23);1-2H3. The van der Waals surface area contributed by atoms with Crippen LogP contribution < -0.4 is 5.32 Å². The summed E-state index contributed by atoms with van der Waals surface area (Å²) in [5, 5.41) is 2.91. The highest BCUT2D eigenvalue weighted by atomic mass is 32.2. The maximum atomic E-state index is 11.7. The Labute approximate surface area is 165 Å². The number of carbonyl (C=O) groups excluding carboxylic acids is 1. The van der Waals surface area contributed by atoms with Crippen LogP contribution in [0.2, 0.25) is 0 Å². The van der Waals surface area contributed by atoms with Gasteiger partial charge in [-0.05, 0) is 29.7 Å². The quantitative estimate of drug-likeness (QED) is 0.508. The molecule has 3 rings (SSSR count). The van der Waals surface area contributed by atoms with E-state index in [-0.39, 0.29) is 5.91 Å². The van der Waals surface area contributed by atoms with E-state index in [1.807, 2.05) is 50.2 Å². The Balaban J connectivity index is 0.00000126. The third-order valence-corrected chi connectivity index (χ3v) is 4.77. The fourth-order valence-corrected chi connectivity index (χ4v) is 3.22. The largest absolute Gasteiger partial charge is 0.440 e. The van der Waals surface area contributed by atoms with Crippen LogP contribution in [0.1, 0.15) is 39.5 Å². The number of aromatic nitrogens is 1. The summed E-state index contributed by atoms with van der Waals surface area (Å²) in [5.74, 6) is 1.75. The number of hydrogen-bond acceptors (Lipinski definition) is 4. The Hall–Kier alpha value is -2.27. The lowest BCUT2D eigenvalue weighted by atomic mass is 10.1. The van der Waals surface area contributed by atoms with Crippen molar-refractivity contribution < 1.29 is 9.21 Å². The fourth-order valence-electron chi connectivity index (χ4n) is 2.53. The van der Waals surface area contributed by atoms with E-state index in [1.165, 1.54) is 11.8 Å². The van der Waals surface area contributed by atoms with Gasteiger partial charge in [0, 0.05) is 6.54 Å². The first-order chi connectivity index (χ1) is 13.3. The zero-order valence-electron chi connectivity index (χ0n) is 16.3. The molecule has 0 saturated heterocycles. The van der Waals surface area contributed by atoms with Crippen molar-refractivity contribution in [1.29, 1.82) is 0 Å². The van der Waals surface area contributed by atoms with Crippen molar-refractivity contribution in [3.8, 4) is 11.1 Å². The fraction of sp³-hybridized carbons (Fsp3) is 0.364. The van der Waals surface area contributed by atoms with Gasteiger partial charge < -0.3 is 9.73 Å². The minimum Gasteiger partial charge on any atom is -0.440 e. The molecule has 0 radical (unpaired) electrons. The third kappa shape index (κ3) is 6.43. The zero-order valence-corrected chi connectivity index (χ0v) is 17.1. The lowest BCUT2D eigenvalue weighted by Crippen LogP contribution is -2.26. The van der Waals surface area contributed by atoms with Crippen molar-refractivity contribution >= 4 is 28.8 Å².